The number of carbonyl (C=O) groups excluding carboxylic acids is 3. The number of imide groups is 1. The zero-order valence-corrected chi connectivity index (χ0v) is 21.2. The number of carbonyl (C=O) groups is 3. The van der Waals surface area contributed by atoms with E-state index in [0.29, 0.717) is 11.9 Å². The van der Waals surface area contributed by atoms with Crippen LogP contribution in [-0.2, 0) is 27.9 Å². The van der Waals surface area contributed by atoms with Gasteiger partial charge in [0, 0.05) is 46.2 Å². The van der Waals surface area contributed by atoms with Crippen LogP contribution in [0.25, 0.3) is 11.0 Å². The van der Waals surface area contributed by atoms with E-state index < -0.39 is 17.6 Å². The quantitative estimate of drug-likeness (QED) is 0.666. The molecule has 1 atom stereocenters. The predicted octanol–water partition coefficient (Wildman–Crippen LogP) is 2.15. The Labute approximate surface area is 204 Å². The van der Waals surface area contributed by atoms with Gasteiger partial charge in [-0.3, -0.25) is 28.9 Å². The number of benzene rings is 1. The van der Waals surface area contributed by atoms with Crippen LogP contribution >= 0.6 is 0 Å². The molecule has 2 aliphatic heterocycles. The first-order valence-electron chi connectivity index (χ1n) is 12.2. The largest absolute Gasteiger partial charge is 0.444 e. The molecule has 0 saturated carbocycles. The van der Waals surface area contributed by atoms with Crippen LogP contribution in [0.4, 0.5) is 4.79 Å². The normalized spacial score (nSPS) is 20.2. The molecule has 35 heavy (non-hydrogen) atoms. The molecule has 1 N–H and O–H groups in total. The Hall–Kier alpha value is -3.14. The van der Waals surface area contributed by atoms with Crippen LogP contribution in [0.5, 0.6) is 0 Å². The summed E-state index contributed by atoms with van der Waals surface area (Å²) in [5, 5.41) is 2.34. The molecule has 4 rings (SSSR count). The lowest BCUT2D eigenvalue weighted by molar-refractivity contribution is -0.135. The second-order valence-corrected chi connectivity index (χ2v) is 10.6. The van der Waals surface area contributed by atoms with Gasteiger partial charge in [-0.1, -0.05) is 6.07 Å². The fourth-order valence-electron chi connectivity index (χ4n) is 4.94. The van der Waals surface area contributed by atoms with Crippen LogP contribution in [0.1, 0.15) is 58.1 Å². The van der Waals surface area contributed by atoms with Crippen LogP contribution < -0.4 is 11.0 Å². The lowest BCUT2D eigenvalue weighted by Crippen LogP contribution is -2.46. The Morgan fingerprint density at radius 3 is 2.43 bits per heavy atom. The summed E-state index contributed by atoms with van der Waals surface area (Å²) in [5.41, 5.74) is 1.75. The highest BCUT2D eigenvalue weighted by molar-refractivity contribution is 6.00. The Balaban J connectivity index is 1.44. The summed E-state index contributed by atoms with van der Waals surface area (Å²) < 4.78 is 8.56. The van der Waals surface area contributed by atoms with Crippen molar-refractivity contribution in [3.63, 3.8) is 0 Å². The summed E-state index contributed by atoms with van der Waals surface area (Å²) in [4.78, 5) is 53.3. The molecule has 2 aliphatic rings. The third kappa shape index (κ3) is 5.27. The van der Waals surface area contributed by atoms with Crippen molar-refractivity contribution in [2.24, 2.45) is 7.05 Å². The molecule has 0 spiro atoms. The zero-order valence-electron chi connectivity index (χ0n) is 21.2. The number of nitrogens with one attached hydrogen (secondary N) is 1. The van der Waals surface area contributed by atoms with Gasteiger partial charge < -0.3 is 9.64 Å². The van der Waals surface area contributed by atoms with E-state index in [1.807, 2.05) is 39.0 Å². The molecule has 1 aromatic heterocycles. The number of likely N-dealkylation sites (tertiary alicyclic amines) is 1. The summed E-state index contributed by atoms with van der Waals surface area (Å²) in [5.74, 6) is -0.734. The number of hydrogen-bond acceptors (Lipinski definition) is 6. The lowest BCUT2D eigenvalue weighted by Gasteiger charge is -2.37. The Morgan fingerprint density at radius 1 is 1.11 bits per heavy atom. The summed E-state index contributed by atoms with van der Waals surface area (Å²) in [7, 11) is 3.50. The first-order valence-corrected chi connectivity index (χ1v) is 12.2. The van der Waals surface area contributed by atoms with Crippen LogP contribution in [-0.4, -0.2) is 68.6 Å². The average Bonchev–Trinajstić information content (AvgIpc) is 3.03. The number of imidazole rings is 1. The Morgan fingerprint density at radius 2 is 1.80 bits per heavy atom. The van der Waals surface area contributed by atoms with Crippen molar-refractivity contribution in [3.8, 4) is 0 Å². The highest BCUT2D eigenvalue weighted by Crippen LogP contribution is 2.25. The maximum Gasteiger partial charge on any atom is 0.410 e. The van der Waals surface area contributed by atoms with Gasteiger partial charge in [0.1, 0.15) is 11.6 Å². The third-order valence-electron chi connectivity index (χ3n) is 6.87. The first-order chi connectivity index (χ1) is 16.4. The second-order valence-electron chi connectivity index (χ2n) is 10.6. The molecule has 3 heterocycles. The molecular formula is C25H35N5O5. The highest BCUT2D eigenvalue weighted by atomic mass is 16.6. The van der Waals surface area contributed by atoms with Gasteiger partial charge >= 0.3 is 11.8 Å². The van der Waals surface area contributed by atoms with Crippen LogP contribution in [0.15, 0.2) is 23.0 Å². The number of aromatic nitrogens is 2. The van der Waals surface area contributed by atoms with Gasteiger partial charge in [0.2, 0.25) is 11.8 Å². The van der Waals surface area contributed by atoms with Crippen molar-refractivity contribution in [1.82, 2.24) is 24.3 Å². The molecule has 2 fully saturated rings. The van der Waals surface area contributed by atoms with Gasteiger partial charge in [0.15, 0.2) is 0 Å². The molecule has 0 aliphatic carbocycles. The van der Waals surface area contributed by atoms with Crippen LogP contribution in [0.3, 0.4) is 0 Å². The smallest absolute Gasteiger partial charge is 0.410 e. The van der Waals surface area contributed by atoms with Gasteiger partial charge in [-0.05, 0) is 57.7 Å². The van der Waals surface area contributed by atoms with Gasteiger partial charge in [0.05, 0.1) is 11.0 Å². The molecule has 1 aromatic carbocycles. The topological polar surface area (TPSA) is 106 Å². The number of ether oxygens (including phenoxy) is 1. The Kier molecular flexibility index (Phi) is 6.77. The van der Waals surface area contributed by atoms with E-state index in [9.17, 15) is 19.2 Å². The second kappa shape index (κ2) is 9.49. The van der Waals surface area contributed by atoms with Crippen molar-refractivity contribution in [2.75, 3.05) is 20.1 Å². The van der Waals surface area contributed by atoms with Crippen LogP contribution in [0, 0.1) is 0 Å². The van der Waals surface area contributed by atoms with Gasteiger partial charge in [-0.15, -0.1) is 0 Å². The van der Waals surface area contributed by atoms with Crippen molar-refractivity contribution < 1.29 is 19.1 Å². The predicted molar refractivity (Wildman–Crippen MR) is 131 cm³/mol. The molecular weight excluding hydrogens is 450 g/mol. The number of hydrogen-bond donors (Lipinski definition) is 1. The van der Waals surface area contributed by atoms with Crippen molar-refractivity contribution in [1.29, 1.82) is 0 Å². The molecule has 190 valence electrons. The Bertz CT molecular complexity index is 1200. The standard InChI is InChI=1S/C25H35N5O5/c1-25(2,3)35-24(34)27(4)17-10-12-29(13-11-17)15-16-6-7-18-20(14-16)28(5)23(33)30(18)19-8-9-21(31)26-22(19)32/h6-7,14,17,19H,8-13,15H2,1-5H3,(H,26,31,32). The van der Waals surface area contributed by atoms with E-state index in [2.05, 4.69) is 10.2 Å². The molecule has 0 bridgehead atoms. The minimum atomic E-state index is -0.684. The number of nitrogens with zero attached hydrogens (tertiary/aromatic N) is 4. The maximum atomic E-state index is 13.0. The zero-order chi connectivity index (χ0) is 25.5. The summed E-state index contributed by atoms with van der Waals surface area (Å²) in [6.07, 6.45) is 1.97. The molecule has 3 amide bonds. The van der Waals surface area contributed by atoms with E-state index in [1.165, 1.54) is 4.57 Å². The van der Waals surface area contributed by atoms with E-state index in [4.69, 9.17) is 4.74 Å². The molecule has 2 aromatic rings. The fraction of sp³-hybridized carbons (Fsp3) is 0.600. The average molecular weight is 486 g/mol. The van der Waals surface area contributed by atoms with Crippen molar-refractivity contribution in [2.45, 2.75) is 70.7 Å². The molecule has 10 nitrogen and oxygen atoms in total. The van der Waals surface area contributed by atoms with Gasteiger partial charge in [-0.25, -0.2) is 9.59 Å². The van der Waals surface area contributed by atoms with E-state index in [-0.39, 0.29) is 30.2 Å². The highest BCUT2D eigenvalue weighted by Gasteiger charge is 2.32. The minimum Gasteiger partial charge on any atom is -0.444 e. The third-order valence-corrected chi connectivity index (χ3v) is 6.87. The monoisotopic (exact) mass is 485 g/mol. The maximum absolute atomic E-state index is 13.0. The number of amides is 3. The number of piperidine rings is 2. The fourth-order valence-corrected chi connectivity index (χ4v) is 4.94. The number of rotatable bonds is 4. The molecule has 0 radical (unpaired) electrons. The molecule has 2 saturated heterocycles. The SMILES string of the molecule is CN(C(=O)OC(C)(C)C)C1CCN(Cc2ccc3c(c2)n(C)c(=O)n3C2CCC(=O)NC2=O)CC1. The van der Waals surface area contributed by atoms with Gasteiger partial charge in [0.25, 0.3) is 0 Å². The summed E-state index contributed by atoms with van der Waals surface area (Å²) in [6.45, 7) is 8.04. The van der Waals surface area contributed by atoms with Crippen molar-refractivity contribution in [3.05, 3.63) is 34.2 Å². The van der Waals surface area contributed by atoms with Gasteiger partial charge in [-0.2, -0.15) is 0 Å². The van der Waals surface area contributed by atoms with E-state index in [0.717, 1.165) is 43.6 Å². The lowest BCUT2D eigenvalue weighted by atomic mass is 10.0. The first kappa shape index (κ1) is 25.0. The molecule has 10 heteroatoms. The van der Waals surface area contributed by atoms with Crippen molar-refractivity contribution >= 4 is 28.9 Å². The molecule has 1 unspecified atom stereocenters. The van der Waals surface area contributed by atoms with E-state index in [1.54, 1.807) is 23.6 Å². The number of fused-ring (bicyclic) bond motifs is 1. The van der Waals surface area contributed by atoms with E-state index >= 15 is 0 Å². The summed E-state index contributed by atoms with van der Waals surface area (Å²) in [6, 6.07) is 5.34. The number of aryl methyl sites for hydroxylation is 1. The summed E-state index contributed by atoms with van der Waals surface area (Å²) >= 11 is 0. The van der Waals surface area contributed by atoms with Crippen LogP contribution in [0.2, 0.25) is 0 Å². The minimum absolute atomic E-state index is 0.145.